The van der Waals surface area contributed by atoms with E-state index >= 15 is 0 Å². The Morgan fingerprint density at radius 1 is 0.490 bits per heavy atom. The second-order valence-electron chi connectivity index (χ2n) is 13.3. The summed E-state index contributed by atoms with van der Waals surface area (Å²) >= 11 is 0. The number of amides is 1. The highest BCUT2D eigenvalue weighted by Gasteiger charge is 2.17. The van der Waals surface area contributed by atoms with Crippen molar-refractivity contribution in [3.05, 3.63) is 109 Å². The lowest BCUT2D eigenvalue weighted by atomic mass is 10.1. The quantitative estimate of drug-likeness (QED) is 0.0454. The average molecular weight is 704 g/mol. The van der Waals surface area contributed by atoms with Crippen molar-refractivity contribution < 1.29 is 15.0 Å². The van der Waals surface area contributed by atoms with Crippen LogP contribution in [0.5, 0.6) is 0 Å². The van der Waals surface area contributed by atoms with E-state index in [4.69, 9.17) is 0 Å². The summed E-state index contributed by atoms with van der Waals surface area (Å²) in [5.74, 6) is -0.109. The molecule has 1 amide bonds. The normalized spacial score (nSPS) is 14.2. The SMILES string of the molecule is CC/C=C\C/C=C\C/C=C\C/C=C\C/C=C\C/C=C\CCCCCCC(=O)NC(CO)C(O)/C=C/CC/C=C/CC/C=C/CCCCCCCC. The van der Waals surface area contributed by atoms with Crippen LogP contribution in [0.15, 0.2) is 109 Å². The molecule has 288 valence electrons. The molecule has 0 aliphatic heterocycles. The number of carbonyl (C=O) groups is 1. The van der Waals surface area contributed by atoms with E-state index in [0.29, 0.717) is 6.42 Å². The van der Waals surface area contributed by atoms with E-state index in [0.717, 1.165) is 96.3 Å². The summed E-state index contributed by atoms with van der Waals surface area (Å²) in [6.45, 7) is 4.13. The molecule has 2 unspecified atom stereocenters. The molecule has 0 heterocycles. The largest absolute Gasteiger partial charge is 0.394 e. The molecule has 0 saturated carbocycles. The van der Waals surface area contributed by atoms with Crippen LogP contribution in [0, 0.1) is 0 Å². The van der Waals surface area contributed by atoms with Crippen LogP contribution in [0.2, 0.25) is 0 Å². The predicted octanol–water partition coefficient (Wildman–Crippen LogP) is 12.8. The van der Waals surface area contributed by atoms with Gasteiger partial charge in [0.2, 0.25) is 5.91 Å². The van der Waals surface area contributed by atoms with Gasteiger partial charge >= 0.3 is 0 Å². The zero-order valence-electron chi connectivity index (χ0n) is 32.8. The maximum atomic E-state index is 12.4. The number of rotatable bonds is 35. The molecular weight excluding hydrogens is 627 g/mol. The Morgan fingerprint density at radius 3 is 1.37 bits per heavy atom. The molecule has 0 aliphatic carbocycles. The Morgan fingerprint density at radius 2 is 0.882 bits per heavy atom. The van der Waals surface area contributed by atoms with E-state index in [-0.39, 0.29) is 12.5 Å². The van der Waals surface area contributed by atoms with Crippen LogP contribution in [0.25, 0.3) is 0 Å². The maximum absolute atomic E-state index is 12.4. The first kappa shape index (κ1) is 48.1. The van der Waals surface area contributed by atoms with Crippen molar-refractivity contribution in [1.29, 1.82) is 0 Å². The Hall–Kier alpha value is -2.95. The van der Waals surface area contributed by atoms with E-state index in [2.05, 4.69) is 116 Å². The van der Waals surface area contributed by atoms with Gasteiger partial charge in [0.1, 0.15) is 0 Å². The Labute approximate surface area is 315 Å². The molecule has 2 atom stereocenters. The first-order chi connectivity index (χ1) is 25.2. The monoisotopic (exact) mass is 704 g/mol. The molecule has 0 fully saturated rings. The Balaban J connectivity index is 3.79. The Bertz CT molecular complexity index is 1030. The standard InChI is InChI=1S/C47H77NO3/c1-3-5-7-9-11-13-15-17-19-21-22-23-24-25-26-27-29-31-33-35-37-39-41-43-47(51)48-45(44-49)46(50)42-40-38-36-34-32-30-28-20-18-16-14-12-10-8-6-4-2/h5,7,11,13,17-20,22-23,25-26,29,31-32,34,40,42,45-46,49-50H,3-4,6,8-10,12,14-16,21,24,27-28,30,33,35-39,41,43-44H2,1-2H3,(H,48,51)/b7-5-,13-11-,19-17-,20-18+,23-22-,26-25-,31-29-,34-32+,42-40+. The van der Waals surface area contributed by atoms with Crippen LogP contribution < -0.4 is 5.32 Å². The van der Waals surface area contributed by atoms with Crippen LogP contribution in [-0.4, -0.2) is 34.9 Å². The van der Waals surface area contributed by atoms with Gasteiger partial charge in [-0.3, -0.25) is 4.79 Å². The number of hydrogen-bond acceptors (Lipinski definition) is 3. The van der Waals surface area contributed by atoms with Crippen molar-refractivity contribution in [3.63, 3.8) is 0 Å². The molecule has 0 bridgehead atoms. The molecule has 3 N–H and O–H groups in total. The van der Waals surface area contributed by atoms with Gasteiger partial charge in [-0.1, -0.05) is 168 Å². The summed E-state index contributed by atoms with van der Waals surface area (Å²) in [7, 11) is 0. The second-order valence-corrected chi connectivity index (χ2v) is 13.3. The second kappa shape index (κ2) is 41.5. The first-order valence-electron chi connectivity index (χ1n) is 20.6. The molecule has 0 rings (SSSR count). The lowest BCUT2D eigenvalue weighted by Crippen LogP contribution is -2.45. The number of carbonyl (C=O) groups excluding carboxylic acids is 1. The minimum Gasteiger partial charge on any atom is -0.394 e. The highest BCUT2D eigenvalue weighted by atomic mass is 16.3. The summed E-state index contributed by atoms with van der Waals surface area (Å²) in [6, 6.07) is -0.666. The lowest BCUT2D eigenvalue weighted by Gasteiger charge is -2.19. The number of hydrogen-bond donors (Lipinski definition) is 3. The zero-order valence-corrected chi connectivity index (χ0v) is 32.8. The highest BCUT2D eigenvalue weighted by Crippen LogP contribution is 2.09. The van der Waals surface area contributed by atoms with Crippen molar-refractivity contribution in [2.45, 2.75) is 174 Å². The van der Waals surface area contributed by atoms with Gasteiger partial charge in [0.15, 0.2) is 0 Å². The molecule has 4 heteroatoms. The van der Waals surface area contributed by atoms with E-state index < -0.39 is 12.1 Å². The molecule has 0 aromatic rings. The van der Waals surface area contributed by atoms with Crippen LogP contribution in [0.4, 0.5) is 0 Å². The predicted molar refractivity (Wildman–Crippen MR) is 225 cm³/mol. The van der Waals surface area contributed by atoms with E-state index in [9.17, 15) is 15.0 Å². The van der Waals surface area contributed by atoms with Crippen molar-refractivity contribution >= 4 is 5.91 Å². The summed E-state index contributed by atoms with van der Waals surface area (Å²) in [6.07, 6.45) is 63.2. The fraction of sp³-hybridized carbons (Fsp3) is 0.596. The summed E-state index contributed by atoms with van der Waals surface area (Å²) < 4.78 is 0. The smallest absolute Gasteiger partial charge is 0.220 e. The molecule has 51 heavy (non-hydrogen) atoms. The van der Waals surface area contributed by atoms with E-state index in [1.165, 1.54) is 44.9 Å². The minimum absolute atomic E-state index is 0.109. The van der Waals surface area contributed by atoms with Gasteiger partial charge in [0, 0.05) is 6.42 Å². The fourth-order valence-corrected chi connectivity index (χ4v) is 5.33. The first-order valence-corrected chi connectivity index (χ1v) is 20.6. The summed E-state index contributed by atoms with van der Waals surface area (Å²) in [4.78, 5) is 12.4. The summed E-state index contributed by atoms with van der Waals surface area (Å²) in [5, 5.41) is 22.9. The van der Waals surface area contributed by atoms with Gasteiger partial charge in [0.25, 0.3) is 0 Å². The van der Waals surface area contributed by atoms with Gasteiger partial charge in [0.05, 0.1) is 18.8 Å². The number of nitrogens with one attached hydrogen (secondary N) is 1. The van der Waals surface area contributed by atoms with Crippen molar-refractivity contribution in [2.75, 3.05) is 6.61 Å². The molecule has 0 spiro atoms. The van der Waals surface area contributed by atoms with Gasteiger partial charge in [-0.25, -0.2) is 0 Å². The average Bonchev–Trinajstić information content (AvgIpc) is 3.13. The third kappa shape index (κ3) is 38.1. The van der Waals surface area contributed by atoms with Crippen molar-refractivity contribution in [3.8, 4) is 0 Å². The zero-order chi connectivity index (χ0) is 37.1. The van der Waals surface area contributed by atoms with Gasteiger partial charge in [-0.15, -0.1) is 0 Å². The molecule has 4 nitrogen and oxygen atoms in total. The molecular formula is C47H77NO3. The van der Waals surface area contributed by atoms with Gasteiger partial charge < -0.3 is 15.5 Å². The van der Waals surface area contributed by atoms with E-state index in [1.807, 2.05) is 6.08 Å². The number of unbranched alkanes of at least 4 members (excludes halogenated alkanes) is 12. The Kier molecular flexibility index (Phi) is 39.1. The highest BCUT2D eigenvalue weighted by molar-refractivity contribution is 5.76. The van der Waals surface area contributed by atoms with Crippen LogP contribution >= 0.6 is 0 Å². The van der Waals surface area contributed by atoms with Crippen molar-refractivity contribution in [2.24, 2.45) is 0 Å². The number of allylic oxidation sites excluding steroid dienone is 17. The van der Waals surface area contributed by atoms with Crippen LogP contribution in [0.3, 0.4) is 0 Å². The molecule has 0 saturated heterocycles. The van der Waals surface area contributed by atoms with Gasteiger partial charge in [-0.05, 0) is 96.3 Å². The lowest BCUT2D eigenvalue weighted by molar-refractivity contribution is -0.123. The van der Waals surface area contributed by atoms with Crippen LogP contribution in [0.1, 0.15) is 162 Å². The summed E-state index contributed by atoms with van der Waals surface area (Å²) in [5.41, 5.74) is 0. The third-order valence-corrected chi connectivity index (χ3v) is 8.47. The topological polar surface area (TPSA) is 69.6 Å². The maximum Gasteiger partial charge on any atom is 0.220 e. The minimum atomic E-state index is -0.888. The van der Waals surface area contributed by atoms with E-state index in [1.54, 1.807) is 6.08 Å². The molecule has 0 aliphatic rings. The fourth-order valence-electron chi connectivity index (χ4n) is 5.33. The molecule has 0 radical (unpaired) electrons. The van der Waals surface area contributed by atoms with Crippen molar-refractivity contribution in [1.82, 2.24) is 5.32 Å². The number of aliphatic hydroxyl groups excluding tert-OH is 2. The molecule has 0 aromatic carbocycles. The third-order valence-electron chi connectivity index (χ3n) is 8.47. The number of aliphatic hydroxyl groups is 2. The van der Waals surface area contributed by atoms with Crippen LogP contribution in [-0.2, 0) is 4.79 Å². The molecule has 0 aromatic heterocycles. The van der Waals surface area contributed by atoms with Gasteiger partial charge in [-0.2, -0.15) is 0 Å².